The highest BCUT2D eigenvalue weighted by atomic mass is 15.1. The molecule has 0 aromatic carbocycles. The van der Waals surface area contributed by atoms with Crippen LogP contribution in [0.2, 0.25) is 0 Å². The molecule has 0 atom stereocenters. The van der Waals surface area contributed by atoms with Gasteiger partial charge in [-0.3, -0.25) is 9.88 Å². The molecule has 2 heterocycles. The van der Waals surface area contributed by atoms with Crippen LogP contribution in [0.3, 0.4) is 0 Å². The van der Waals surface area contributed by atoms with E-state index in [1.165, 1.54) is 0 Å². The second-order valence-corrected chi connectivity index (χ2v) is 3.31. The molecule has 1 aliphatic rings. The van der Waals surface area contributed by atoms with Gasteiger partial charge < -0.3 is 5.73 Å². The van der Waals surface area contributed by atoms with E-state index < -0.39 is 0 Å². The first-order valence-electron chi connectivity index (χ1n) is 4.62. The third kappa shape index (κ3) is 1.62. The standard InChI is InChI=1S/C9H14N4/c1-2-13-4-3-7-8(6-13)12-9(10)5-11-7/h5H,2-4,6H2,1H3,(H2,10,12). The lowest BCUT2D eigenvalue weighted by atomic mass is 10.1. The van der Waals surface area contributed by atoms with Gasteiger partial charge >= 0.3 is 0 Å². The highest BCUT2D eigenvalue weighted by molar-refractivity contribution is 5.28. The number of likely N-dealkylation sites (N-methyl/N-ethyl adjacent to an activating group) is 1. The molecule has 4 heteroatoms. The van der Waals surface area contributed by atoms with Crippen LogP contribution in [0.4, 0.5) is 5.82 Å². The van der Waals surface area contributed by atoms with Crippen molar-refractivity contribution in [3.8, 4) is 0 Å². The van der Waals surface area contributed by atoms with E-state index in [2.05, 4.69) is 21.8 Å². The van der Waals surface area contributed by atoms with Gasteiger partial charge in [-0.15, -0.1) is 0 Å². The number of fused-ring (bicyclic) bond motifs is 1. The van der Waals surface area contributed by atoms with E-state index in [1.807, 2.05) is 0 Å². The van der Waals surface area contributed by atoms with Gasteiger partial charge in [0.15, 0.2) is 0 Å². The van der Waals surface area contributed by atoms with Crippen LogP contribution < -0.4 is 5.73 Å². The molecule has 2 N–H and O–H groups in total. The lowest BCUT2D eigenvalue weighted by molar-refractivity contribution is 0.261. The Kier molecular flexibility index (Phi) is 2.14. The lowest BCUT2D eigenvalue weighted by Crippen LogP contribution is -2.31. The molecule has 0 amide bonds. The minimum Gasteiger partial charge on any atom is -0.382 e. The maximum absolute atomic E-state index is 5.58. The summed E-state index contributed by atoms with van der Waals surface area (Å²) in [5.74, 6) is 0.525. The summed E-state index contributed by atoms with van der Waals surface area (Å²) in [5, 5.41) is 0. The zero-order valence-electron chi connectivity index (χ0n) is 7.82. The van der Waals surface area contributed by atoms with Gasteiger partial charge in [-0.1, -0.05) is 6.92 Å². The average molecular weight is 178 g/mol. The van der Waals surface area contributed by atoms with Gasteiger partial charge in [-0.2, -0.15) is 0 Å². The van der Waals surface area contributed by atoms with Crippen LogP contribution in [0.1, 0.15) is 18.3 Å². The summed E-state index contributed by atoms with van der Waals surface area (Å²) in [6.07, 6.45) is 2.64. The third-order valence-corrected chi connectivity index (χ3v) is 2.44. The van der Waals surface area contributed by atoms with Gasteiger partial charge in [0, 0.05) is 19.5 Å². The van der Waals surface area contributed by atoms with Gasteiger partial charge in [0.1, 0.15) is 5.82 Å². The molecule has 1 aromatic rings. The van der Waals surface area contributed by atoms with Crippen molar-refractivity contribution < 1.29 is 0 Å². The van der Waals surface area contributed by atoms with Gasteiger partial charge in [0.25, 0.3) is 0 Å². The fraction of sp³-hybridized carbons (Fsp3) is 0.556. The summed E-state index contributed by atoms with van der Waals surface area (Å²) in [7, 11) is 0. The van der Waals surface area contributed by atoms with Gasteiger partial charge in [-0.05, 0) is 6.54 Å². The van der Waals surface area contributed by atoms with E-state index in [4.69, 9.17) is 5.73 Å². The predicted molar refractivity (Wildman–Crippen MR) is 51.1 cm³/mol. The number of aromatic nitrogens is 2. The summed E-state index contributed by atoms with van der Waals surface area (Å²) in [5.41, 5.74) is 7.74. The zero-order chi connectivity index (χ0) is 9.26. The van der Waals surface area contributed by atoms with Crippen LogP contribution in [0.5, 0.6) is 0 Å². The molecule has 70 valence electrons. The average Bonchev–Trinajstić information content (AvgIpc) is 2.16. The Morgan fingerprint density at radius 1 is 1.54 bits per heavy atom. The van der Waals surface area contributed by atoms with E-state index >= 15 is 0 Å². The molecular weight excluding hydrogens is 164 g/mol. The molecular formula is C9H14N4. The van der Waals surface area contributed by atoms with Crippen molar-refractivity contribution in [3.63, 3.8) is 0 Å². The van der Waals surface area contributed by atoms with E-state index in [9.17, 15) is 0 Å². The van der Waals surface area contributed by atoms with Crippen molar-refractivity contribution >= 4 is 5.82 Å². The number of hydrogen-bond acceptors (Lipinski definition) is 4. The van der Waals surface area contributed by atoms with E-state index in [0.717, 1.165) is 37.4 Å². The number of rotatable bonds is 1. The van der Waals surface area contributed by atoms with Gasteiger partial charge in [-0.25, -0.2) is 4.98 Å². The molecule has 0 unspecified atom stereocenters. The normalized spacial score (nSPS) is 17.0. The molecule has 0 aliphatic carbocycles. The monoisotopic (exact) mass is 178 g/mol. The lowest BCUT2D eigenvalue weighted by Gasteiger charge is -2.25. The topological polar surface area (TPSA) is 55.0 Å². The summed E-state index contributed by atoms with van der Waals surface area (Å²) in [6.45, 7) is 5.20. The predicted octanol–water partition coefficient (Wildman–Crippen LogP) is 0.437. The molecule has 0 saturated heterocycles. The van der Waals surface area contributed by atoms with Crippen molar-refractivity contribution in [2.75, 3.05) is 18.8 Å². The minimum atomic E-state index is 0.525. The van der Waals surface area contributed by atoms with Gasteiger partial charge in [0.05, 0.1) is 17.6 Å². The first kappa shape index (κ1) is 8.44. The quantitative estimate of drug-likeness (QED) is 0.678. The molecule has 4 nitrogen and oxygen atoms in total. The molecule has 0 fully saturated rings. The van der Waals surface area contributed by atoms with E-state index in [1.54, 1.807) is 6.20 Å². The summed E-state index contributed by atoms with van der Waals surface area (Å²) >= 11 is 0. The highest BCUT2D eigenvalue weighted by Gasteiger charge is 2.16. The summed E-state index contributed by atoms with van der Waals surface area (Å²) in [4.78, 5) is 10.9. The highest BCUT2D eigenvalue weighted by Crippen LogP contribution is 2.15. The Hall–Kier alpha value is -1.16. The van der Waals surface area contributed by atoms with Crippen molar-refractivity contribution in [3.05, 3.63) is 17.6 Å². The van der Waals surface area contributed by atoms with Crippen LogP contribution >= 0.6 is 0 Å². The fourth-order valence-electron chi connectivity index (χ4n) is 1.63. The molecule has 1 aliphatic heterocycles. The zero-order valence-corrected chi connectivity index (χ0v) is 7.82. The SMILES string of the molecule is CCN1CCc2ncc(N)nc2C1. The van der Waals surface area contributed by atoms with Crippen LogP contribution in [-0.2, 0) is 13.0 Å². The Morgan fingerprint density at radius 2 is 2.38 bits per heavy atom. The maximum atomic E-state index is 5.58. The number of nitrogen functional groups attached to an aromatic ring is 1. The van der Waals surface area contributed by atoms with Crippen molar-refractivity contribution in [2.24, 2.45) is 0 Å². The Labute approximate surface area is 77.8 Å². The van der Waals surface area contributed by atoms with Crippen LogP contribution in [0.25, 0.3) is 0 Å². The van der Waals surface area contributed by atoms with Gasteiger partial charge in [0.2, 0.25) is 0 Å². The van der Waals surface area contributed by atoms with Crippen molar-refractivity contribution in [2.45, 2.75) is 19.9 Å². The number of hydrogen-bond donors (Lipinski definition) is 1. The molecule has 13 heavy (non-hydrogen) atoms. The number of nitrogens with zero attached hydrogens (tertiary/aromatic N) is 3. The van der Waals surface area contributed by atoms with Crippen LogP contribution in [0, 0.1) is 0 Å². The number of nitrogens with two attached hydrogens (primary N) is 1. The van der Waals surface area contributed by atoms with Crippen LogP contribution in [-0.4, -0.2) is 28.0 Å². The van der Waals surface area contributed by atoms with Crippen LogP contribution in [0.15, 0.2) is 6.20 Å². The summed E-state index contributed by atoms with van der Waals surface area (Å²) in [6, 6.07) is 0. The van der Waals surface area contributed by atoms with Crippen molar-refractivity contribution in [1.82, 2.24) is 14.9 Å². The molecule has 0 bridgehead atoms. The van der Waals surface area contributed by atoms with E-state index in [-0.39, 0.29) is 0 Å². The van der Waals surface area contributed by atoms with Crippen molar-refractivity contribution in [1.29, 1.82) is 0 Å². The Bertz CT molecular complexity index is 310. The minimum absolute atomic E-state index is 0.525. The molecule has 2 rings (SSSR count). The molecule has 0 saturated carbocycles. The Morgan fingerprint density at radius 3 is 3.15 bits per heavy atom. The molecule has 1 aromatic heterocycles. The third-order valence-electron chi connectivity index (χ3n) is 2.44. The van der Waals surface area contributed by atoms with E-state index in [0.29, 0.717) is 5.82 Å². The smallest absolute Gasteiger partial charge is 0.142 e. The summed E-state index contributed by atoms with van der Waals surface area (Å²) < 4.78 is 0. The maximum Gasteiger partial charge on any atom is 0.142 e. The second kappa shape index (κ2) is 3.30. The second-order valence-electron chi connectivity index (χ2n) is 3.31. The Balaban J connectivity index is 2.27. The first-order valence-corrected chi connectivity index (χ1v) is 4.62. The molecule has 0 spiro atoms. The first-order chi connectivity index (χ1) is 6.29. The fourth-order valence-corrected chi connectivity index (χ4v) is 1.63. The largest absolute Gasteiger partial charge is 0.382 e. The number of anilines is 1. The molecule has 0 radical (unpaired) electrons.